The highest BCUT2D eigenvalue weighted by Gasteiger charge is 2.27. The van der Waals surface area contributed by atoms with Gasteiger partial charge in [-0.05, 0) is 45.7 Å². The van der Waals surface area contributed by atoms with Crippen LogP contribution in [-0.4, -0.2) is 47.5 Å². The number of nitrogens with zero attached hydrogens (tertiary/aromatic N) is 2. The maximum atomic E-state index is 12.5. The van der Waals surface area contributed by atoms with E-state index < -0.39 is 0 Å². The summed E-state index contributed by atoms with van der Waals surface area (Å²) in [4.78, 5) is 31.0. The molecule has 1 aromatic rings. The number of piperidine rings is 1. The number of rotatable bonds is 5. The number of carbonyl (C=O) groups excluding carboxylic acids is 2. The summed E-state index contributed by atoms with van der Waals surface area (Å²) in [6, 6.07) is 3.75. The van der Waals surface area contributed by atoms with Crippen molar-refractivity contribution in [2.24, 2.45) is 0 Å². The molecule has 0 atom stereocenters. The van der Waals surface area contributed by atoms with Crippen molar-refractivity contribution >= 4 is 11.9 Å². The van der Waals surface area contributed by atoms with Gasteiger partial charge in [-0.2, -0.15) is 0 Å². The Morgan fingerprint density at radius 3 is 2.64 bits per heavy atom. The summed E-state index contributed by atoms with van der Waals surface area (Å²) in [5, 5.41) is 5.75. The van der Waals surface area contributed by atoms with E-state index in [1.807, 2.05) is 37.8 Å². The second-order valence-electron chi connectivity index (χ2n) is 6.75. The minimum absolute atomic E-state index is 0.0617. The zero-order chi connectivity index (χ0) is 18.4. The van der Waals surface area contributed by atoms with Crippen LogP contribution in [0.1, 0.15) is 54.4 Å². The zero-order valence-electron chi connectivity index (χ0n) is 15.3. The van der Waals surface area contributed by atoms with Crippen molar-refractivity contribution in [2.75, 3.05) is 19.6 Å². The Morgan fingerprint density at radius 1 is 1.36 bits per heavy atom. The van der Waals surface area contributed by atoms with Crippen LogP contribution in [0.4, 0.5) is 4.79 Å². The van der Waals surface area contributed by atoms with Gasteiger partial charge >= 0.3 is 6.03 Å². The fourth-order valence-corrected chi connectivity index (χ4v) is 3.05. The van der Waals surface area contributed by atoms with Crippen molar-refractivity contribution in [3.05, 3.63) is 41.7 Å². The molecule has 2 N–H and O–H groups in total. The van der Waals surface area contributed by atoms with E-state index in [1.54, 1.807) is 6.08 Å². The van der Waals surface area contributed by atoms with E-state index in [0.29, 0.717) is 25.2 Å². The molecule has 0 radical (unpaired) electrons. The average molecular weight is 344 g/mol. The molecule has 0 aliphatic carbocycles. The first-order valence-corrected chi connectivity index (χ1v) is 8.84. The Bertz CT molecular complexity index is 634. The molecule has 1 aliphatic heterocycles. The van der Waals surface area contributed by atoms with Crippen molar-refractivity contribution in [2.45, 2.75) is 45.6 Å². The molecule has 6 nitrogen and oxygen atoms in total. The Balaban J connectivity index is 2.09. The maximum Gasteiger partial charge on any atom is 0.317 e. The van der Waals surface area contributed by atoms with Gasteiger partial charge in [0, 0.05) is 37.3 Å². The van der Waals surface area contributed by atoms with Crippen LogP contribution in [-0.2, 0) is 0 Å². The molecular weight excluding hydrogens is 316 g/mol. The van der Waals surface area contributed by atoms with Gasteiger partial charge in [-0.3, -0.25) is 9.78 Å². The van der Waals surface area contributed by atoms with Gasteiger partial charge in [-0.25, -0.2) is 4.79 Å². The third-order valence-corrected chi connectivity index (χ3v) is 4.29. The molecule has 25 heavy (non-hydrogen) atoms. The molecule has 3 amide bonds. The molecule has 0 spiro atoms. The van der Waals surface area contributed by atoms with E-state index in [9.17, 15) is 9.59 Å². The summed E-state index contributed by atoms with van der Waals surface area (Å²) in [5.41, 5.74) is 2.40. The fraction of sp³-hybridized carbons (Fsp3) is 0.526. The number of likely N-dealkylation sites (tertiary alicyclic amines) is 1. The predicted molar refractivity (Wildman–Crippen MR) is 98.7 cm³/mol. The molecule has 0 saturated carbocycles. The summed E-state index contributed by atoms with van der Waals surface area (Å²) in [5.74, 6) is 0.111. The lowest BCUT2D eigenvalue weighted by Gasteiger charge is -2.32. The van der Waals surface area contributed by atoms with Gasteiger partial charge in [0.2, 0.25) is 0 Å². The standard InChI is InChI=1S/C19H28N4O2/c1-5-10-20-19(25)23-11-8-15(9-12-23)17-16(7-6-14(4)22-17)18(24)21-13(2)3/h5-7,13,15H,1,8-12H2,2-4H3,(H,20,25)(H,21,24). The third-order valence-electron chi connectivity index (χ3n) is 4.29. The van der Waals surface area contributed by atoms with Gasteiger partial charge < -0.3 is 15.5 Å². The molecule has 1 saturated heterocycles. The first-order valence-electron chi connectivity index (χ1n) is 8.84. The van der Waals surface area contributed by atoms with E-state index in [1.165, 1.54) is 0 Å². The Morgan fingerprint density at radius 2 is 2.04 bits per heavy atom. The highest BCUT2D eigenvalue weighted by molar-refractivity contribution is 5.95. The summed E-state index contributed by atoms with van der Waals surface area (Å²) in [6.45, 7) is 11.2. The molecule has 1 aromatic heterocycles. The molecule has 6 heteroatoms. The number of aromatic nitrogens is 1. The summed E-state index contributed by atoms with van der Waals surface area (Å²) in [7, 11) is 0. The topological polar surface area (TPSA) is 74.3 Å². The van der Waals surface area contributed by atoms with Crippen molar-refractivity contribution < 1.29 is 9.59 Å². The minimum Gasteiger partial charge on any atom is -0.350 e. The van der Waals surface area contributed by atoms with E-state index >= 15 is 0 Å². The molecule has 1 aliphatic rings. The number of urea groups is 1. The van der Waals surface area contributed by atoms with Crippen LogP contribution in [0.3, 0.4) is 0 Å². The van der Waals surface area contributed by atoms with E-state index in [2.05, 4.69) is 22.2 Å². The number of aryl methyl sites for hydroxylation is 1. The summed E-state index contributed by atoms with van der Waals surface area (Å²) in [6.07, 6.45) is 3.28. The van der Waals surface area contributed by atoms with Gasteiger partial charge in [0.15, 0.2) is 0 Å². The van der Waals surface area contributed by atoms with Crippen LogP contribution >= 0.6 is 0 Å². The van der Waals surface area contributed by atoms with Gasteiger partial charge in [0.25, 0.3) is 5.91 Å². The number of hydrogen-bond acceptors (Lipinski definition) is 3. The fourth-order valence-electron chi connectivity index (χ4n) is 3.05. The van der Waals surface area contributed by atoms with Crippen molar-refractivity contribution in [3.8, 4) is 0 Å². The van der Waals surface area contributed by atoms with E-state index in [-0.39, 0.29) is 23.9 Å². The first kappa shape index (κ1) is 19.0. The number of amides is 3. The van der Waals surface area contributed by atoms with Crippen LogP contribution in [0.5, 0.6) is 0 Å². The van der Waals surface area contributed by atoms with Crippen LogP contribution in [0, 0.1) is 6.92 Å². The SMILES string of the molecule is C=CCNC(=O)N1CCC(c2nc(C)ccc2C(=O)NC(C)C)CC1. The zero-order valence-corrected chi connectivity index (χ0v) is 15.3. The molecule has 0 unspecified atom stereocenters. The van der Waals surface area contributed by atoms with Gasteiger partial charge in [-0.15, -0.1) is 6.58 Å². The lowest BCUT2D eigenvalue weighted by atomic mass is 9.90. The number of pyridine rings is 1. The van der Waals surface area contributed by atoms with Gasteiger partial charge in [0.05, 0.1) is 11.3 Å². The van der Waals surface area contributed by atoms with E-state index in [4.69, 9.17) is 0 Å². The predicted octanol–water partition coefficient (Wildman–Crippen LogP) is 2.60. The maximum absolute atomic E-state index is 12.5. The average Bonchev–Trinajstić information content (AvgIpc) is 2.59. The first-order chi connectivity index (χ1) is 11.9. The minimum atomic E-state index is -0.0799. The molecule has 1 fully saturated rings. The molecule has 2 rings (SSSR count). The normalized spacial score (nSPS) is 15.1. The Hall–Kier alpha value is -2.37. The van der Waals surface area contributed by atoms with Gasteiger partial charge in [0.1, 0.15) is 0 Å². The van der Waals surface area contributed by atoms with Crippen molar-refractivity contribution in [1.82, 2.24) is 20.5 Å². The largest absolute Gasteiger partial charge is 0.350 e. The Kier molecular flexibility index (Phi) is 6.56. The molecule has 0 bridgehead atoms. The monoisotopic (exact) mass is 344 g/mol. The third kappa shape index (κ3) is 5.05. The van der Waals surface area contributed by atoms with Crippen molar-refractivity contribution in [3.63, 3.8) is 0 Å². The molecular formula is C19H28N4O2. The number of carbonyl (C=O) groups is 2. The van der Waals surface area contributed by atoms with E-state index in [0.717, 1.165) is 24.2 Å². The molecule has 0 aromatic carbocycles. The highest BCUT2D eigenvalue weighted by Crippen LogP contribution is 2.29. The van der Waals surface area contributed by atoms with Crippen LogP contribution in [0.2, 0.25) is 0 Å². The van der Waals surface area contributed by atoms with Crippen LogP contribution < -0.4 is 10.6 Å². The Labute approximate surface area is 149 Å². The van der Waals surface area contributed by atoms with Crippen LogP contribution in [0.25, 0.3) is 0 Å². The second-order valence-corrected chi connectivity index (χ2v) is 6.75. The lowest BCUT2D eigenvalue weighted by Crippen LogP contribution is -2.44. The smallest absolute Gasteiger partial charge is 0.317 e. The molecule has 136 valence electrons. The number of hydrogen-bond donors (Lipinski definition) is 2. The quantitative estimate of drug-likeness (QED) is 0.806. The van der Waals surface area contributed by atoms with Crippen molar-refractivity contribution in [1.29, 1.82) is 0 Å². The number of nitrogens with one attached hydrogen (secondary N) is 2. The lowest BCUT2D eigenvalue weighted by molar-refractivity contribution is 0.0940. The highest BCUT2D eigenvalue weighted by atomic mass is 16.2. The van der Waals surface area contributed by atoms with Gasteiger partial charge in [-0.1, -0.05) is 6.08 Å². The van der Waals surface area contributed by atoms with Crippen LogP contribution in [0.15, 0.2) is 24.8 Å². The second kappa shape index (κ2) is 8.65. The molecule has 2 heterocycles. The summed E-state index contributed by atoms with van der Waals surface area (Å²) >= 11 is 0. The summed E-state index contributed by atoms with van der Waals surface area (Å²) < 4.78 is 0.